The van der Waals surface area contributed by atoms with E-state index in [-0.39, 0.29) is 5.41 Å². The van der Waals surface area contributed by atoms with Crippen LogP contribution < -0.4 is 0 Å². The number of aliphatic hydroxyl groups is 2. The number of rotatable bonds is 6. The SMILES string of the molecule is Cc1cc([C@](O)(c2cncc(-c3cc(C(C)(C)O)[nH]n3)c2)C2(C)CN(C)C2)ccc1C(C)C. The molecule has 6 nitrogen and oxygen atoms in total. The Morgan fingerprint density at radius 3 is 2.30 bits per heavy atom. The smallest absolute Gasteiger partial charge is 0.124 e. The average molecular weight is 449 g/mol. The Morgan fingerprint density at radius 2 is 1.76 bits per heavy atom. The number of pyridine rings is 1. The molecular formula is C27H36N4O2. The van der Waals surface area contributed by atoms with Crippen molar-refractivity contribution >= 4 is 0 Å². The molecule has 1 saturated heterocycles. The number of hydrogen-bond acceptors (Lipinski definition) is 5. The summed E-state index contributed by atoms with van der Waals surface area (Å²) in [7, 11) is 2.08. The van der Waals surface area contributed by atoms with E-state index in [1.165, 1.54) is 11.1 Å². The second kappa shape index (κ2) is 8.05. The number of hydrogen-bond donors (Lipinski definition) is 3. The topological polar surface area (TPSA) is 85.3 Å². The van der Waals surface area contributed by atoms with Crippen LogP contribution in [0.15, 0.2) is 42.7 Å². The van der Waals surface area contributed by atoms with E-state index < -0.39 is 11.2 Å². The quantitative estimate of drug-likeness (QED) is 0.523. The molecule has 0 spiro atoms. The predicted octanol–water partition coefficient (Wildman–Crippen LogP) is 4.32. The minimum Gasteiger partial charge on any atom is -0.384 e. The molecule has 0 bridgehead atoms. The first kappa shape index (κ1) is 23.6. The molecule has 1 aromatic carbocycles. The van der Waals surface area contributed by atoms with Gasteiger partial charge in [-0.15, -0.1) is 0 Å². The van der Waals surface area contributed by atoms with Gasteiger partial charge in [0.2, 0.25) is 0 Å². The van der Waals surface area contributed by atoms with Gasteiger partial charge in [0.1, 0.15) is 11.2 Å². The van der Waals surface area contributed by atoms with Gasteiger partial charge in [-0.3, -0.25) is 10.1 Å². The lowest BCUT2D eigenvalue weighted by Gasteiger charge is -2.56. The number of H-pyrrole nitrogens is 1. The third-order valence-corrected chi connectivity index (χ3v) is 7.11. The highest BCUT2D eigenvalue weighted by atomic mass is 16.3. The molecule has 1 aliphatic heterocycles. The monoisotopic (exact) mass is 448 g/mol. The zero-order chi connectivity index (χ0) is 24.2. The van der Waals surface area contributed by atoms with Crippen LogP contribution in [0.4, 0.5) is 0 Å². The summed E-state index contributed by atoms with van der Waals surface area (Å²) in [4.78, 5) is 6.72. The fourth-order valence-corrected chi connectivity index (χ4v) is 5.35. The largest absolute Gasteiger partial charge is 0.384 e. The minimum absolute atomic E-state index is 0.363. The van der Waals surface area contributed by atoms with E-state index in [1.807, 2.05) is 12.1 Å². The molecule has 176 valence electrons. The molecule has 0 unspecified atom stereocenters. The van der Waals surface area contributed by atoms with Gasteiger partial charge in [0.15, 0.2) is 0 Å². The maximum atomic E-state index is 12.5. The van der Waals surface area contributed by atoms with E-state index in [2.05, 4.69) is 73.0 Å². The van der Waals surface area contributed by atoms with Crippen molar-refractivity contribution in [3.63, 3.8) is 0 Å². The maximum absolute atomic E-state index is 12.5. The number of nitrogens with one attached hydrogen (secondary N) is 1. The molecule has 1 aliphatic rings. The van der Waals surface area contributed by atoms with Crippen LogP contribution in [0, 0.1) is 12.3 Å². The third kappa shape index (κ3) is 4.01. The van der Waals surface area contributed by atoms with Crippen molar-refractivity contribution in [2.75, 3.05) is 20.1 Å². The first-order valence-corrected chi connectivity index (χ1v) is 11.6. The Labute approximate surface area is 196 Å². The second-order valence-electron chi connectivity index (χ2n) is 10.9. The maximum Gasteiger partial charge on any atom is 0.124 e. The highest BCUT2D eigenvalue weighted by Crippen LogP contribution is 2.50. The van der Waals surface area contributed by atoms with Crippen molar-refractivity contribution < 1.29 is 10.2 Å². The van der Waals surface area contributed by atoms with E-state index >= 15 is 0 Å². The Morgan fingerprint density at radius 1 is 1.06 bits per heavy atom. The molecule has 6 heteroatoms. The number of benzene rings is 1. The lowest BCUT2D eigenvalue weighted by atomic mass is 9.62. The number of nitrogens with zero attached hydrogens (tertiary/aromatic N) is 3. The van der Waals surface area contributed by atoms with E-state index in [0.29, 0.717) is 17.3 Å². The summed E-state index contributed by atoms with van der Waals surface area (Å²) < 4.78 is 0. The van der Waals surface area contributed by atoms with Gasteiger partial charge in [0, 0.05) is 42.0 Å². The lowest BCUT2D eigenvalue weighted by molar-refractivity contribution is -0.127. The average Bonchev–Trinajstić information content (AvgIpc) is 3.23. The van der Waals surface area contributed by atoms with Gasteiger partial charge in [-0.05, 0) is 62.6 Å². The van der Waals surface area contributed by atoms with Crippen molar-refractivity contribution in [1.82, 2.24) is 20.1 Å². The molecule has 3 N–H and O–H groups in total. The molecule has 0 saturated carbocycles. The Balaban J connectivity index is 1.84. The predicted molar refractivity (Wildman–Crippen MR) is 131 cm³/mol. The van der Waals surface area contributed by atoms with Crippen LogP contribution in [-0.4, -0.2) is 50.4 Å². The fourth-order valence-electron chi connectivity index (χ4n) is 5.35. The summed E-state index contributed by atoms with van der Waals surface area (Å²) in [5, 5.41) is 30.1. The molecule has 2 aromatic heterocycles. The van der Waals surface area contributed by atoms with Gasteiger partial charge in [-0.25, -0.2) is 0 Å². The Kier molecular flexibility index (Phi) is 5.76. The molecule has 1 fully saturated rings. The van der Waals surface area contributed by atoms with Gasteiger partial charge in [-0.2, -0.15) is 5.10 Å². The molecule has 3 aromatic rings. The molecule has 33 heavy (non-hydrogen) atoms. The summed E-state index contributed by atoms with van der Waals surface area (Å²) in [6.07, 6.45) is 3.51. The number of aromatic nitrogens is 3. The van der Waals surface area contributed by atoms with E-state index in [9.17, 15) is 10.2 Å². The first-order chi connectivity index (χ1) is 15.3. The Bertz CT molecular complexity index is 1150. The molecule has 1 atom stereocenters. The minimum atomic E-state index is -1.21. The van der Waals surface area contributed by atoms with Gasteiger partial charge in [0.05, 0.1) is 11.4 Å². The first-order valence-electron chi connectivity index (χ1n) is 11.6. The summed E-state index contributed by atoms with van der Waals surface area (Å²) in [5.74, 6) is 0.423. The van der Waals surface area contributed by atoms with Crippen LogP contribution in [-0.2, 0) is 11.2 Å². The summed E-state index contributed by atoms with van der Waals surface area (Å²) >= 11 is 0. The zero-order valence-electron chi connectivity index (χ0n) is 20.8. The highest BCUT2D eigenvalue weighted by Gasteiger charge is 2.55. The van der Waals surface area contributed by atoms with E-state index in [4.69, 9.17) is 0 Å². The van der Waals surface area contributed by atoms with Gasteiger partial charge in [0.25, 0.3) is 0 Å². The lowest BCUT2D eigenvalue weighted by Crippen LogP contribution is -2.63. The van der Waals surface area contributed by atoms with Gasteiger partial charge < -0.3 is 15.1 Å². The van der Waals surface area contributed by atoms with Crippen molar-refractivity contribution in [2.45, 2.75) is 58.7 Å². The van der Waals surface area contributed by atoms with Crippen molar-refractivity contribution in [3.8, 4) is 11.3 Å². The number of aromatic amines is 1. The molecule has 3 heterocycles. The van der Waals surface area contributed by atoms with Crippen LogP contribution >= 0.6 is 0 Å². The van der Waals surface area contributed by atoms with Crippen molar-refractivity contribution in [2.24, 2.45) is 5.41 Å². The van der Waals surface area contributed by atoms with Gasteiger partial charge >= 0.3 is 0 Å². The van der Waals surface area contributed by atoms with Crippen molar-refractivity contribution in [1.29, 1.82) is 0 Å². The zero-order valence-corrected chi connectivity index (χ0v) is 20.8. The molecule has 0 aliphatic carbocycles. The molecule has 4 rings (SSSR count). The molecular weight excluding hydrogens is 412 g/mol. The fraction of sp³-hybridized carbons (Fsp3) is 0.481. The van der Waals surface area contributed by atoms with E-state index in [1.54, 1.807) is 26.2 Å². The molecule has 0 amide bonds. The number of aryl methyl sites for hydroxylation is 1. The van der Waals surface area contributed by atoms with Crippen LogP contribution in [0.3, 0.4) is 0 Å². The van der Waals surface area contributed by atoms with Crippen molar-refractivity contribution in [3.05, 3.63) is 70.7 Å². The third-order valence-electron chi connectivity index (χ3n) is 7.11. The summed E-state index contributed by atoms with van der Waals surface area (Å²) in [6, 6.07) is 10.2. The number of likely N-dealkylation sites (tertiary alicyclic amines) is 1. The summed E-state index contributed by atoms with van der Waals surface area (Å²) in [6.45, 7) is 13.6. The summed E-state index contributed by atoms with van der Waals surface area (Å²) in [5.41, 5.74) is 3.63. The van der Waals surface area contributed by atoms with Crippen LogP contribution in [0.1, 0.15) is 68.5 Å². The van der Waals surface area contributed by atoms with Crippen LogP contribution in [0.25, 0.3) is 11.3 Å². The van der Waals surface area contributed by atoms with Crippen LogP contribution in [0.2, 0.25) is 0 Å². The standard InChI is InChI=1S/C27H36N4O2/c1-17(2)22-9-8-20(10-18(22)3)27(33,26(6)15-31(7)16-26)21-11-19(13-28-14-21)23-12-24(30-29-23)25(4,5)32/h8-14,17,32-33H,15-16H2,1-7H3,(H,29,30)/t27-/m0/s1. The highest BCUT2D eigenvalue weighted by molar-refractivity contribution is 5.60. The van der Waals surface area contributed by atoms with Gasteiger partial charge in [-0.1, -0.05) is 39.0 Å². The molecule has 0 radical (unpaired) electrons. The second-order valence-corrected chi connectivity index (χ2v) is 10.9. The van der Waals surface area contributed by atoms with E-state index in [0.717, 1.165) is 29.8 Å². The van der Waals surface area contributed by atoms with Crippen LogP contribution in [0.5, 0.6) is 0 Å². The normalized spacial score (nSPS) is 18.2. The Hall–Kier alpha value is -2.54.